The van der Waals surface area contributed by atoms with Gasteiger partial charge in [-0.15, -0.1) is 9.24 Å². The molecule has 0 heterocycles. The second-order valence-corrected chi connectivity index (χ2v) is 9.21. The largest absolute Gasteiger partial charge is 0.381 e. The fourth-order valence-corrected chi connectivity index (χ4v) is 7.20. The highest BCUT2D eigenvalue weighted by Gasteiger charge is 2.60. The van der Waals surface area contributed by atoms with E-state index in [-0.39, 0.29) is 5.41 Å². The molecule has 4 rings (SSSR count). The summed E-state index contributed by atoms with van der Waals surface area (Å²) in [5.74, 6) is 3.82. The van der Waals surface area contributed by atoms with E-state index in [1.807, 2.05) is 13.8 Å². The van der Waals surface area contributed by atoms with Crippen LogP contribution in [0.3, 0.4) is 0 Å². The van der Waals surface area contributed by atoms with Gasteiger partial charge in [-0.25, -0.2) is 0 Å². The minimum atomic E-state index is 0.0358. The lowest BCUT2D eigenvalue weighted by Gasteiger charge is -2.60. The zero-order valence-corrected chi connectivity index (χ0v) is 17.3. The Bertz CT molecular complexity index is 478. The molecule has 0 saturated heterocycles. The van der Waals surface area contributed by atoms with Gasteiger partial charge in [-0.3, -0.25) is 4.79 Å². The van der Waals surface area contributed by atoms with Crippen molar-refractivity contribution in [1.29, 1.82) is 0 Å². The summed E-state index contributed by atoms with van der Waals surface area (Å²) in [5.41, 5.74) is 0.555. The second-order valence-electron chi connectivity index (χ2n) is 9.21. The number of ketones is 1. The average molecular weight is 352 g/mol. The Labute approximate surface area is 151 Å². The molecule has 0 spiro atoms. The van der Waals surface area contributed by atoms with E-state index in [4.69, 9.17) is 4.74 Å². The van der Waals surface area contributed by atoms with Gasteiger partial charge < -0.3 is 4.74 Å². The van der Waals surface area contributed by atoms with Crippen LogP contribution in [0, 0.1) is 34.5 Å². The molecule has 0 aromatic heterocycles. The minimum absolute atomic E-state index is 0.0358. The van der Waals surface area contributed by atoms with Crippen LogP contribution in [-0.2, 0) is 9.53 Å². The first kappa shape index (κ1) is 18.8. The summed E-state index contributed by atoms with van der Waals surface area (Å²) in [6.45, 7) is 6.79. The second kappa shape index (κ2) is 6.99. The zero-order chi connectivity index (χ0) is 17.5. The fraction of sp³-hybridized carbons (Fsp3) is 0.952. The third-order valence-corrected chi connectivity index (χ3v) is 8.66. The van der Waals surface area contributed by atoms with Crippen LogP contribution in [0.15, 0.2) is 0 Å². The van der Waals surface area contributed by atoms with Crippen molar-refractivity contribution in [1.82, 2.24) is 0 Å². The van der Waals surface area contributed by atoms with E-state index in [0.717, 1.165) is 30.6 Å². The minimum Gasteiger partial charge on any atom is -0.381 e. The van der Waals surface area contributed by atoms with Gasteiger partial charge in [0.2, 0.25) is 0 Å². The van der Waals surface area contributed by atoms with Crippen molar-refractivity contribution in [2.24, 2.45) is 34.5 Å². The topological polar surface area (TPSA) is 26.3 Å². The van der Waals surface area contributed by atoms with Gasteiger partial charge in [0.1, 0.15) is 5.78 Å². The molecule has 0 radical (unpaired) electrons. The van der Waals surface area contributed by atoms with Crippen molar-refractivity contribution < 1.29 is 9.53 Å². The molecule has 0 amide bonds. The van der Waals surface area contributed by atoms with Crippen molar-refractivity contribution in [2.75, 3.05) is 13.8 Å². The molecule has 138 valence electrons. The number of hydrogen-bond acceptors (Lipinski definition) is 2. The van der Waals surface area contributed by atoms with Crippen LogP contribution in [-0.4, -0.2) is 25.7 Å². The average Bonchev–Trinajstić information content (AvgIpc) is 2.91. The molecule has 0 aliphatic heterocycles. The summed E-state index contributed by atoms with van der Waals surface area (Å²) >= 11 is 0. The van der Waals surface area contributed by atoms with Gasteiger partial charge in [-0.2, -0.15) is 0 Å². The van der Waals surface area contributed by atoms with Crippen LogP contribution in [0.2, 0.25) is 0 Å². The van der Waals surface area contributed by atoms with Gasteiger partial charge >= 0.3 is 0 Å². The van der Waals surface area contributed by atoms with Crippen LogP contribution in [0.5, 0.6) is 0 Å². The summed E-state index contributed by atoms with van der Waals surface area (Å²) in [4.78, 5) is 12.4. The number of fused-ring (bicyclic) bond motifs is 5. The van der Waals surface area contributed by atoms with Gasteiger partial charge in [0, 0.05) is 18.9 Å². The van der Waals surface area contributed by atoms with Crippen molar-refractivity contribution in [3.63, 3.8) is 0 Å². The van der Waals surface area contributed by atoms with Gasteiger partial charge in [0.05, 0.1) is 6.10 Å². The van der Waals surface area contributed by atoms with Crippen LogP contribution in [0.1, 0.15) is 71.6 Å². The molecule has 0 aromatic rings. The first-order chi connectivity index (χ1) is 11.5. The summed E-state index contributed by atoms with van der Waals surface area (Å²) in [5, 5.41) is 0. The molecule has 0 aromatic carbocycles. The van der Waals surface area contributed by atoms with Crippen LogP contribution in [0.25, 0.3) is 0 Å². The van der Waals surface area contributed by atoms with Crippen molar-refractivity contribution in [2.45, 2.75) is 77.7 Å². The molecule has 4 fully saturated rings. The maximum Gasteiger partial charge on any atom is 0.139 e. The number of methoxy groups -OCH3 is 1. The normalized spacial score (nSPS) is 50.2. The molecule has 0 N–H and O–H groups in total. The first-order valence-corrected chi connectivity index (χ1v) is 11.3. The molecule has 4 aliphatic carbocycles. The molecule has 8 atom stereocenters. The molecule has 0 bridgehead atoms. The molecule has 2 nitrogen and oxygen atoms in total. The molecule has 4 aliphatic rings. The predicted octanol–water partition coefficient (Wildman–Crippen LogP) is 5.10. The van der Waals surface area contributed by atoms with E-state index in [1.165, 1.54) is 44.9 Å². The Morgan fingerprint density at radius 2 is 1.75 bits per heavy atom. The van der Waals surface area contributed by atoms with Crippen LogP contribution >= 0.6 is 9.24 Å². The highest BCUT2D eigenvalue weighted by atomic mass is 31.0. The summed E-state index contributed by atoms with van der Waals surface area (Å²) < 4.78 is 5.68. The van der Waals surface area contributed by atoms with Gasteiger partial charge in [-0.1, -0.05) is 20.5 Å². The number of ether oxygens (including phenoxy) is 1. The maximum atomic E-state index is 12.4. The van der Waals surface area contributed by atoms with E-state index in [0.29, 0.717) is 23.2 Å². The summed E-state index contributed by atoms with van der Waals surface area (Å²) in [7, 11) is 4.30. The first-order valence-electron chi connectivity index (χ1n) is 10.1. The molecular weight excluding hydrogens is 315 g/mol. The lowest BCUT2D eigenvalue weighted by molar-refractivity contribution is -0.143. The third-order valence-electron chi connectivity index (χ3n) is 8.66. The standard InChI is InChI=1S/C20H32O2.CH5P/c1-19-10-8-14(22-3)12-13(19)4-5-15-16-6-7-18(21)20(16,2)11-9-17(15)19;1-2/h13-17H,4-12H2,1-3H3;2H2,1H3. The van der Waals surface area contributed by atoms with Crippen LogP contribution in [0.4, 0.5) is 0 Å². The lowest BCUT2D eigenvalue weighted by Crippen LogP contribution is -2.54. The Morgan fingerprint density at radius 3 is 2.46 bits per heavy atom. The Kier molecular flexibility index (Phi) is 5.49. The summed E-state index contributed by atoms with van der Waals surface area (Å²) in [6.07, 6.45) is 11.6. The Balaban J connectivity index is 0.000000815. The molecule has 3 heteroatoms. The molecular formula is C21H37O2P. The predicted molar refractivity (Wildman–Crippen MR) is 103 cm³/mol. The number of hydrogen-bond donors (Lipinski definition) is 0. The van der Waals surface area contributed by atoms with E-state index in [1.54, 1.807) is 0 Å². The van der Waals surface area contributed by atoms with E-state index in [9.17, 15) is 4.79 Å². The Morgan fingerprint density at radius 1 is 1.00 bits per heavy atom. The maximum absolute atomic E-state index is 12.4. The summed E-state index contributed by atoms with van der Waals surface area (Å²) in [6, 6.07) is 0. The fourth-order valence-electron chi connectivity index (χ4n) is 7.20. The monoisotopic (exact) mass is 352 g/mol. The zero-order valence-electron chi connectivity index (χ0n) is 16.1. The third kappa shape index (κ3) is 2.71. The van der Waals surface area contributed by atoms with Crippen LogP contribution < -0.4 is 0 Å². The quantitative estimate of drug-likeness (QED) is 0.613. The molecule has 8 unspecified atom stereocenters. The lowest BCUT2D eigenvalue weighted by atomic mass is 9.45. The number of Topliss-reactive ketones (excluding diaryl/α,β-unsaturated/α-hetero) is 1. The van der Waals surface area contributed by atoms with Crippen molar-refractivity contribution >= 4 is 15.0 Å². The van der Waals surface area contributed by atoms with Crippen molar-refractivity contribution in [3.8, 4) is 0 Å². The molecule has 4 saturated carbocycles. The Hall–Kier alpha value is 0.0600. The van der Waals surface area contributed by atoms with Gasteiger partial charge in [0.25, 0.3) is 0 Å². The van der Waals surface area contributed by atoms with E-state index in [2.05, 4.69) is 23.1 Å². The number of carbonyl (C=O) groups excluding carboxylic acids is 1. The van der Waals surface area contributed by atoms with E-state index < -0.39 is 0 Å². The molecule has 24 heavy (non-hydrogen) atoms. The smallest absolute Gasteiger partial charge is 0.139 e. The number of carbonyl (C=O) groups is 1. The highest BCUT2D eigenvalue weighted by Crippen LogP contribution is 2.65. The van der Waals surface area contributed by atoms with Gasteiger partial charge in [-0.05, 0) is 80.5 Å². The SMILES string of the molecule is COC1CCC2(C)C(CCC3C4CCC(=O)C4(C)CCC32)C1.CP. The van der Waals surface area contributed by atoms with E-state index >= 15 is 0 Å². The number of rotatable bonds is 1. The van der Waals surface area contributed by atoms with Crippen molar-refractivity contribution in [3.05, 3.63) is 0 Å². The van der Waals surface area contributed by atoms with Gasteiger partial charge in [0.15, 0.2) is 0 Å². The highest BCUT2D eigenvalue weighted by molar-refractivity contribution is 7.15.